The van der Waals surface area contributed by atoms with E-state index in [4.69, 9.17) is 4.42 Å². The summed E-state index contributed by atoms with van der Waals surface area (Å²) in [5.74, 6) is 0. The van der Waals surface area contributed by atoms with Crippen molar-refractivity contribution in [2.75, 3.05) is 0 Å². The number of hydrogen-bond donors (Lipinski definition) is 0. The Bertz CT molecular complexity index is 3120. The second kappa shape index (κ2) is 10.8. The molecule has 0 spiro atoms. The van der Waals surface area contributed by atoms with Gasteiger partial charge in [0, 0.05) is 49.8 Å². The Kier molecular flexibility index (Phi) is 5.96. The zero-order chi connectivity index (χ0) is 33.5. The van der Waals surface area contributed by atoms with E-state index >= 15 is 0 Å². The van der Waals surface area contributed by atoms with Gasteiger partial charge < -0.3 is 13.6 Å². The van der Waals surface area contributed by atoms with Gasteiger partial charge >= 0.3 is 0 Å². The molecule has 11 aromatic rings. The molecule has 3 heteroatoms. The van der Waals surface area contributed by atoms with Crippen molar-refractivity contribution in [2.24, 2.45) is 0 Å². The SMILES string of the molecule is c1ccc(-c2ccc(-c3cccc(-n4c5ccccc5c5c6c7ccccc7n(-c7ccc8c(c7)oc7ccccc78)c6ccc54)c3)cc2)cc1. The van der Waals surface area contributed by atoms with E-state index in [1.807, 2.05) is 12.1 Å². The van der Waals surface area contributed by atoms with Crippen molar-refractivity contribution >= 4 is 65.6 Å². The van der Waals surface area contributed by atoms with E-state index < -0.39 is 0 Å². The summed E-state index contributed by atoms with van der Waals surface area (Å²) in [6.07, 6.45) is 0. The Morgan fingerprint density at radius 2 is 0.804 bits per heavy atom. The monoisotopic (exact) mass is 650 g/mol. The topological polar surface area (TPSA) is 23.0 Å². The summed E-state index contributed by atoms with van der Waals surface area (Å²) in [6.45, 7) is 0. The maximum atomic E-state index is 6.35. The first-order valence-corrected chi connectivity index (χ1v) is 17.4. The normalized spacial score (nSPS) is 11.9. The van der Waals surface area contributed by atoms with Gasteiger partial charge in [-0.2, -0.15) is 0 Å². The Balaban J connectivity index is 1.12. The highest BCUT2D eigenvalue weighted by atomic mass is 16.3. The summed E-state index contributed by atoms with van der Waals surface area (Å²) in [6, 6.07) is 65.5. The first kappa shape index (κ1) is 28.0. The molecule has 0 aliphatic heterocycles. The number of nitrogens with zero attached hydrogens (tertiary/aromatic N) is 2. The average molecular weight is 651 g/mol. The van der Waals surface area contributed by atoms with Gasteiger partial charge in [-0.05, 0) is 76.9 Å². The molecule has 0 radical (unpaired) electrons. The van der Waals surface area contributed by atoms with Crippen molar-refractivity contribution in [3.05, 3.63) is 182 Å². The number of fused-ring (bicyclic) bond motifs is 10. The van der Waals surface area contributed by atoms with Gasteiger partial charge in [-0.3, -0.25) is 0 Å². The molecular weight excluding hydrogens is 621 g/mol. The molecule has 0 fully saturated rings. The number of rotatable bonds is 4. The summed E-state index contributed by atoms with van der Waals surface area (Å²) in [5.41, 5.74) is 13.6. The minimum atomic E-state index is 0.895. The van der Waals surface area contributed by atoms with Crippen LogP contribution in [0.5, 0.6) is 0 Å². The molecule has 0 atom stereocenters. The second-order valence-corrected chi connectivity index (χ2v) is 13.3. The van der Waals surface area contributed by atoms with Crippen LogP contribution in [-0.4, -0.2) is 9.13 Å². The fraction of sp³-hybridized carbons (Fsp3) is 0. The van der Waals surface area contributed by atoms with E-state index in [9.17, 15) is 0 Å². The van der Waals surface area contributed by atoms with E-state index in [2.05, 4.69) is 179 Å². The van der Waals surface area contributed by atoms with Crippen molar-refractivity contribution < 1.29 is 4.42 Å². The molecule has 0 aliphatic rings. The largest absolute Gasteiger partial charge is 0.456 e. The van der Waals surface area contributed by atoms with Crippen molar-refractivity contribution in [1.29, 1.82) is 0 Å². The lowest BCUT2D eigenvalue weighted by Crippen LogP contribution is -1.95. The molecule has 11 rings (SSSR count). The summed E-state index contributed by atoms with van der Waals surface area (Å²) >= 11 is 0. The number of hydrogen-bond acceptors (Lipinski definition) is 1. The maximum Gasteiger partial charge on any atom is 0.137 e. The lowest BCUT2D eigenvalue weighted by atomic mass is 10.00. The zero-order valence-corrected chi connectivity index (χ0v) is 27.6. The molecule has 3 heterocycles. The predicted molar refractivity (Wildman–Crippen MR) is 213 cm³/mol. The van der Waals surface area contributed by atoms with E-state index in [0.717, 1.165) is 33.3 Å². The molecule has 0 saturated heterocycles. The molecule has 51 heavy (non-hydrogen) atoms. The molecule has 0 saturated carbocycles. The van der Waals surface area contributed by atoms with Crippen LogP contribution in [-0.2, 0) is 0 Å². The van der Waals surface area contributed by atoms with Gasteiger partial charge in [0.05, 0.1) is 22.1 Å². The molecule has 3 aromatic heterocycles. The van der Waals surface area contributed by atoms with Gasteiger partial charge in [-0.25, -0.2) is 0 Å². The Morgan fingerprint density at radius 3 is 1.49 bits per heavy atom. The Labute approximate surface area is 293 Å². The van der Waals surface area contributed by atoms with Crippen LogP contribution in [0.3, 0.4) is 0 Å². The highest BCUT2D eigenvalue weighted by Gasteiger charge is 2.21. The first-order valence-electron chi connectivity index (χ1n) is 17.4. The molecule has 238 valence electrons. The van der Waals surface area contributed by atoms with Crippen LogP contribution in [0.1, 0.15) is 0 Å². The second-order valence-electron chi connectivity index (χ2n) is 13.3. The number of para-hydroxylation sites is 3. The van der Waals surface area contributed by atoms with Crippen LogP contribution in [0.25, 0.3) is 99.2 Å². The molecule has 0 N–H and O–H groups in total. The highest BCUT2D eigenvalue weighted by molar-refractivity contribution is 6.29. The van der Waals surface area contributed by atoms with Gasteiger partial charge in [0.2, 0.25) is 0 Å². The third kappa shape index (κ3) is 4.19. The van der Waals surface area contributed by atoms with Crippen LogP contribution >= 0.6 is 0 Å². The van der Waals surface area contributed by atoms with Gasteiger partial charge in [0.15, 0.2) is 0 Å². The van der Waals surface area contributed by atoms with E-state index in [0.29, 0.717) is 0 Å². The van der Waals surface area contributed by atoms with Crippen LogP contribution in [0, 0.1) is 0 Å². The first-order chi connectivity index (χ1) is 25.3. The quantitative estimate of drug-likeness (QED) is 0.186. The predicted octanol–water partition coefficient (Wildman–Crippen LogP) is 13.1. The summed E-state index contributed by atoms with van der Waals surface area (Å²) < 4.78 is 11.2. The smallest absolute Gasteiger partial charge is 0.137 e. The number of furan rings is 1. The molecule has 3 nitrogen and oxygen atoms in total. The standard InChI is InChI=1S/C48H30N2O/c1-2-11-31(12-3-1)32-21-23-33(24-22-32)34-13-10-14-35(29-34)49-41-18-7-4-16-39(41)47-43(49)27-28-44-48(47)40-17-5-8-19-42(40)50(44)36-25-26-38-37-15-6-9-20-45(37)51-46(38)30-36/h1-30H. The fourth-order valence-electron chi connectivity index (χ4n) is 8.24. The van der Waals surface area contributed by atoms with E-state index in [1.165, 1.54) is 65.9 Å². The number of aromatic nitrogens is 2. The zero-order valence-electron chi connectivity index (χ0n) is 27.6. The van der Waals surface area contributed by atoms with Crippen LogP contribution in [0.4, 0.5) is 0 Å². The molecule has 0 amide bonds. The van der Waals surface area contributed by atoms with Gasteiger partial charge in [-0.15, -0.1) is 0 Å². The van der Waals surface area contributed by atoms with Gasteiger partial charge in [-0.1, -0.05) is 121 Å². The summed E-state index contributed by atoms with van der Waals surface area (Å²) in [5, 5.41) is 7.28. The summed E-state index contributed by atoms with van der Waals surface area (Å²) in [7, 11) is 0. The van der Waals surface area contributed by atoms with Crippen LogP contribution in [0.15, 0.2) is 186 Å². The van der Waals surface area contributed by atoms with Crippen molar-refractivity contribution in [2.45, 2.75) is 0 Å². The number of benzene rings is 8. The lowest BCUT2D eigenvalue weighted by molar-refractivity contribution is 0.668. The van der Waals surface area contributed by atoms with Crippen molar-refractivity contribution in [3.63, 3.8) is 0 Å². The van der Waals surface area contributed by atoms with E-state index in [1.54, 1.807) is 0 Å². The minimum Gasteiger partial charge on any atom is -0.456 e. The third-order valence-electron chi connectivity index (χ3n) is 10.5. The lowest BCUT2D eigenvalue weighted by Gasteiger charge is -2.11. The fourth-order valence-corrected chi connectivity index (χ4v) is 8.24. The molecule has 0 unspecified atom stereocenters. The molecule has 0 aliphatic carbocycles. The molecule has 8 aromatic carbocycles. The Morgan fingerprint density at radius 1 is 0.294 bits per heavy atom. The third-order valence-corrected chi connectivity index (χ3v) is 10.5. The highest BCUT2D eigenvalue weighted by Crippen LogP contribution is 2.43. The van der Waals surface area contributed by atoms with Crippen molar-refractivity contribution in [1.82, 2.24) is 9.13 Å². The van der Waals surface area contributed by atoms with E-state index in [-0.39, 0.29) is 0 Å². The molecular formula is C48H30N2O. The van der Waals surface area contributed by atoms with Gasteiger partial charge in [0.1, 0.15) is 11.2 Å². The van der Waals surface area contributed by atoms with Crippen molar-refractivity contribution in [3.8, 4) is 33.6 Å². The van der Waals surface area contributed by atoms with Crippen LogP contribution in [0.2, 0.25) is 0 Å². The summed E-state index contributed by atoms with van der Waals surface area (Å²) in [4.78, 5) is 0. The maximum absolute atomic E-state index is 6.35. The van der Waals surface area contributed by atoms with Crippen LogP contribution < -0.4 is 0 Å². The molecule has 0 bridgehead atoms. The minimum absolute atomic E-state index is 0.895. The average Bonchev–Trinajstić information content (AvgIpc) is 3.85. The van der Waals surface area contributed by atoms with Gasteiger partial charge in [0.25, 0.3) is 0 Å². The Hall–Kier alpha value is -6.84.